The summed E-state index contributed by atoms with van der Waals surface area (Å²) in [5, 5.41) is 88.5. The Hall–Kier alpha value is -6.70. The maximum atomic E-state index is 13.5. The minimum Gasteiger partial charge on any atom is -0.507 e. The van der Waals surface area contributed by atoms with E-state index in [9.17, 15) is 55.5 Å². The van der Waals surface area contributed by atoms with Crippen LogP contribution in [0, 0.1) is 0 Å². The molecule has 0 amide bonds. The van der Waals surface area contributed by atoms with E-state index in [4.69, 9.17) is 13.6 Å². The summed E-state index contributed by atoms with van der Waals surface area (Å²) in [4.78, 5) is 25.8. The monoisotopic (exact) mass is 716 g/mol. The fourth-order valence-corrected chi connectivity index (χ4v) is 5.62. The highest BCUT2D eigenvalue weighted by atomic mass is 16.5. The number of fused-ring (bicyclic) bond motifs is 4. The fourth-order valence-electron chi connectivity index (χ4n) is 5.62. The van der Waals surface area contributed by atoms with E-state index in [0.717, 1.165) is 29.7 Å². The number of phenols is 9. The first-order valence-electron chi connectivity index (χ1n) is 15.8. The summed E-state index contributed by atoms with van der Waals surface area (Å²) in [7, 11) is 1.42. The van der Waals surface area contributed by atoms with Crippen LogP contribution in [0.5, 0.6) is 57.5 Å². The highest BCUT2D eigenvalue weighted by Crippen LogP contribution is 2.45. The largest absolute Gasteiger partial charge is 0.507 e. The van der Waals surface area contributed by atoms with E-state index in [1.165, 1.54) is 19.2 Å². The molecule has 52 heavy (non-hydrogen) atoms. The molecule has 0 saturated heterocycles. The zero-order valence-electron chi connectivity index (χ0n) is 28.7. The number of rotatable bonds is 6. The quantitative estimate of drug-likeness (QED) is 0.0497. The van der Waals surface area contributed by atoms with Gasteiger partial charge in [-0.15, -0.1) is 0 Å². The van der Waals surface area contributed by atoms with Crippen molar-refractivity contribution in [3.63, 3.8) is 0 Å². The van der Waals surface area contributed by atoms with Gasteiger partial charge in [0.2, 0.25) is 33.9 Å². The second-order valence-corrected chi connectivity index (χ2v) is 12.3. The van der Waals surface area contributed by atoms with Gasteiger partial charge in [-0.25, -0.2) is 0 Å². The van der Waals surface area contributed by atoms with Crippen LogP contribution in [0.1, 0.15) is 45.2 Å². The lowest BCUT2D eigenvalue weighted by Crippen LogP contribution is -2.08. The molecule has 0 aliphatic rings. The smallest absolute Gasteiger partial charge is 0.205 e. The van der Waals surface area contributed by atoms with E-state index >= 15 is 0 Å². The Morgan fingerprint density at radius 3 is 1.65 bits per heavy atom. The first-order chi connectivity index (χ1) is 24.5. The molecule has 0 spiro atoms. The van der Waals surface area contributed by atoms with E-state index in [2.05, 4.69) is 0 Å². The van der Waals surface area contributed by atoms with Crippen LogP contribution in [-0.2, 0) is 12.8 Å². The summed E-state index contributed by atoms with van der Waals surface area (Å²) in [6, 6.07) is 4.39. The van der Waals surface area contributed by atoms with Gasteiger partial charge in [0, 0.05) is 23.3 Å². The average molecular weight is 717 g/mol. The Kier molecular flexibility index (Phi) is 9.78. The number of allylic oxidation sites excluding steroid dienone is 4. The molecule has 272 valence electrons. The van der Waals surface area contributed by atoms with Crippen LogP contribution in [0.4, 0.5) is 0 Å². The van der Waals surface area contributed by atoms with Crippen LogP contribution in [-0.4, -0.2) is 53.1 Å². The van der Waals surface area contributed by atoms with Crippen molar-refractivity contribution in [2.45, 2.75) is 47.0 Å². The molecule has 9 N–H and O–H groups in total. The number of hydrogen-bond acceptors (Lipinski definition) is 14. The Morgan fingerprint density at radius 2 is 1.13 bits per heavy atom. The van der Waals surface area contributed by atoms with Crippen molar-refractivity contribution in [2.75, 3.05) is 7.11 Å². The molecule has 14 heteroatoms. The Bertz CT molecular complexity index is 2530. The van der Waals surface area contributed by atoms with E-state index in [0.29, 0.717) is 12.0 Å². The van der Waals surface area contributed by atoms with Crippen molar-refractivity contribution in [3.05, 3.63) is 79.1 Å². The van der Waals surface area contributed by atoms with Crippen LogP contribution in [0.15, 0.2) is 66.0 Å². The van der Waals surface area contributed by atoms with Crippen LogP contribution in [0.3, 0.4) is 0 Å². The van der Waals surface area contributed by atoms with Gasteiger partial charge in [-0.3, -0.25) is 9.59 Å². The van der Waals surface area contributed by atoms with E-state index in [1.807, 2.05) is 39.8 Å². The molecule has 0 aliphatic carbocycles. The summed E-state index contributed by atoms with van der Waals surface area (Å²) >= 11 is 0. The third-order valence-corrected chi connectivity index (χ3v) is 8.58. The average Bonchev–Trinajstić information content (AvgIpc) is 3.09. The van der Waals surface area contributed by atoms with Crippen molar-refractivity contribution in [1.29, 1.82) is 0 Å². The first kappa shape index (κ1) is 36.6. The number of ether oxygens (including phenoxy) is 1. The predicted octanol–water partition coefficient (Wildman–Crippen LogP) is 6.66. The third kappa shape index (κ3) is 6.25. The molecule has 0 aliphatic heterocycles. The van der Waals surface area contributed by atoms with E-state index < -0.39 is 56.5 Å². The number of phenolic OH excluding ortho intramolecular Hbond substituents is 9. The maximum absolute atomic E-state index is 13.5. The molecular formula is C38H36O14. The second kappa shape index (κ2) is 13.9. The summed E-state index contributed by atoms with van der Waals surface area (Å²) in [5.41, 5.74) is 0.890. The third-order valence-electron chi connectivity index (χ3n) is 8.58. The molecule has 0 bridgehead atoms. The Morgan fingerprint density at radius 1 is 0.615 bits per heavy atom. The lowest BCUT2D eigenvalue weighted by Gasteiger charge is -2.14. The number of benzene rings is 4. The number of methoxy groups -OCH3 is 1. The SMILES string of the molecule is CC/C(C)=C/Cc1c(O)cc2oc3cc(O)c(OC)c(CC=C(C)C)c3c(=O)c2c1O.O=c1c2cc(O)c(O)c(O)c2oc2c(O)c(O)c(O)cc12. The Balaban J connectivity index is 0.000000216. The maximum Gasteiger partial charge on any atom is 0.205 e. The molecule has 0 radical (unpaired) electrons. The van der Waals surface area contributed by atoms with Crippen molar-refractivity contribution in [1.82, 2.24) is 0 Å². The lowest BCUT2D eigenvalue weighted by molar-refractivity contribution is 0.362. The minimum atomic E-state index is -0.896. The van der Waals surface area contributed by atoms with Crippen molar-refractivity contribution >= 4 is 43.9 Å². The standard InChI is InChI=1S/C25H28O6.C13H8O8/c1-6-14(4)8-10-15-17(26)11-20-22(23(15)28)24(29)21-16(9-7-13(2)3)25(30-5)18(27)12-19(21)31-20;14-5-1-3-7(16)4-2-6(15)9(18)11(20)13(4)21-12(3)10(19)8(5)17/h7-8,11-12,26-28H,6,9-10H2,1-5H3;1-2,14-15,17-20H/b14-8+;. The summed E-state index contributed by atoms with van der Waals surface area (Å²) < 4.78 is 16.3. The van der Waals surface area contributed by atoms with Gasteiger partial charge >= 0.3 is 0 Å². The molecule has 2 heterocycles. The van der Waals surface area contributed by atoms with Crippen LogP contribution in [0.25, 0.3) is 43.9 Å². The van der Waals surface area contributed by atoms with Gasteiger partial charge in [-0.05, 0) is 52.2 Å². The van der Waals surface area contributed by atoms with Crippen LogP contribution in [0.2, 0.25) is 0 Å². The molecule has 14 nitrogen and oxygen atoms in total. The van der Waals surface area contributed by atoms with Gasteiger partial charge in [0.25, 0.3) is 0 Å². The fraction of sp³-hybridized carbons (Fsp3) is 0.211. The molecule has 6 aromatic rings. The van der Waals surface area contributed by atoms with Crippen molar-refractivity contribution in [2.24, 2.45) is 0 Å². The van der Waals surface area contributed by atoms with Gasteiger partial charge in [0.05, 0.1) is 23.3 Å². The van der Waals surface area contributed by atoms with Gasteiger partial charge in [0.1, 0.15) is 28.1 Å². The van der Waals surface area contributed by atoms with E-state index in [-0.39, 0.29) is 67.7 Å². The van der Waals surface area contributed by atoms with Gasteiger partial charge in [0.15, 0.2) is 34.2 Å². The zero-order chi connectivity index (χ0) is 38.3. The first-order valence-corrected chi connectivity index (χ1v) is 15.8. The normalized spacial score (nSPS) is 11.6. The number of hydrogen-bond donors (Lipinski definition) is 9. The van der Waals surface area contributed by atoms with Crippen molar-refractivity contribution in [3.8, 4) is 57.5 Å². The van der Waals surface area contributed by atoms with E-state index in [1.54, 1.807) is 0 Å². The van der Waals surface area contributed by atoms with Crippen molar-refractivity contribution < 1.29 is 59.5 Å². The zero-order valence-corrected chi connectivity index (χ0v) is 28.7. The summed E-state index contributed by atoms with van der Waals surface area (Å²) in [5.74, 6) is -5.47. The predicted molar refractivity (Wildman–Crippen MR) is 192 cm³/mol. The van der Waals surface area contributed by atoms with Crippen LogP contribution < -0.4 is 15.6 Å². The molecule has 6 rings (SSSR count). The molecule has 0 unspecified atom stereocenters. The Labute approximate surface area is 293 Å². The molecular weight excluding hydrogens is 680 g/mol. The van der Waals surface area contributed by atoms with Gasteiger partial charge < -0.3 is 59.5 Å². The minimum absolute atomic E-state index is 0.00551. The molecule has 4 aromatic carbocycles. The number of aromatic hydroxyl groups is 9. The van der Waals surface area contributed by atoms with Gasteiger partial charge in [-0.2, -0.15) is 0 Å². The molecule has 0 saturated carbocycles. The lowest BCUT2D eigenvalue weighted by atomic mass is 9.98. The second-order valence-electron chi connectivity index (χ2n) is 12.3. The molecule has 2 aromatic heterocycles. The summed E-state index contributed by atoms with van der Waals surface area (Å²) in [6.45, 7) is 7.85. The highest BCUT2D eigenvalue weighted by molar-refractivity contribution is 5.99. The van der Waals surface area contributed by atoms with Crippen LogP contribution >= 0.6 is 0 Å². The molecule has 0 fully saturated rings. The highest BCUT2D eigenvalue weighted by Gasteiger charge is 2.24. The molecule has 0 atom stereocenters. The van der Waals surface area contributed by atoms with Gasteiger partial charge in [-0.1, -0.05) is 30.2 Å². The summed E-state index contributed by atoms with van der Waals surface area (Å²) in [6.07, 6.45) is 5.30. The topological polar surface area (TPSA) is 252 Å².